The summed E-state index contributed by atoms with van der Waals surface area (Å²) in [5, 5.41) is 0. The van der Waals surface area contributed by atoms with E-state index in [9.17, 15) is 0 Å². The van der Waals surface area contributed by atoms with Gasteiger partial charge in [-0.25, -0.2) is 0 Å². The van der Waals surface area contributed by atoms with Gasteiger partial charge in [-0.2, -0.15) is 0 Å². The highest BCUT2D eigenvalue weighted by atomic mass is 127. The highest BCUT2D eigenvalue weighted by Crippen LogP contribution is 2.27. The van der Waals surface area contributed by atoms with E-state index in [0.29, 0.717) is 13.2 Å². The van der Waals surface area contributed by atoms with Gasteiger partial charge in [0.05, 0.1) is 23.9 Å². The van der Waals surface area contributed by atoms with Crippen LogP contribution in [0.25, 0.3) is 0 Å². The minimum Gasteiger partial charge on any atom is -0.497 e. The number of hydrogen-bond acceptors (Lipinski definition) is 3. The van der Waals surface area contributed by atoms with E-state index in [1.54, 1.807) is 7.11 Å². The van der Waals surface area contributed by atoms with Crippen molar-refractivity contribution in [1.82, 2.24) is 0 Å². The highest BCUT2D eigenvalue weighted by Gasteiger charge is 2.21. The zero-order valence-corrected chi connectivity index (χ0v) is 9.98. The van der Waals surface area contributed by atoms with Gasteiger partial charge in [-0.15, -0.1) is 0 Å². The summed E-state index contributed by atoms with van der Waals surface area (Å²) in [6.07, 6.45) is 0.204. The fourth-order valence-corrected chi connectivity index (χ4v) is 1.63. The average molecular weight is 306 g/mol. The first-order valence-corrected chi connectivity index (χ1v) is 5.45. The van der Waals surface area contributed by atoms with Crippen LogP contribution in [-0.4, -0.2) is 26.4 Å². The van der Waals surface area contributed by atoms with E-state index in [4.69, 9.17) is 14.2 Å². The van der Waals surface area contributed by atoms with Crippen LogP contribution in [0.5, 0.6) is 11.5 Å². The van der Waals surface area contributed by atoms with Crippen LogP contribution >= 0.6 is 22.6 Å². The number of rotatable bonds is 3. The molecule has 1 aliphatic rings. The van der Waals surface area contributed by atoms with E-state index in [1.165, 1.54) is 0 Å². The van der Waals surface area contributed by atoms with Crippen molar-refractivity contribution < 1.29 is 14.2 Å². The third-order valence-corrected chi connectivity index (χ3v) is 2.93. The molecule has 0 aliphatic carbocycles. The minimum absolute atomic E-state index is 0.204. The number of methoxy groups -OCH3 is 1. The summed E-state index contributed by atoms with van der Waals surface area (Å²) in [7, 11) is 1.65. The fraction of sp³-hybridized carbons (Fsp3) is 0.400. The second-order valence-electron chi connectivity index (χ2n) is 3.07. The van der Waals surface area contributed by atoms with Gasteiger partial charge in [0.2, 0.25) is 0 Å². The van der Waals surface area contributed by atoms with E-state index in [2.05, 4.69) is 22.6 Å². The van der Waals surface area contributed by atoms with Crippen LogP contribution in [0.1, 0.15) is 0 Å². The molecule has 0 bridgehead atoms. The lowest BCUT2D eigenvalue weighted by Gasteiger charge is -2.27. The van der Waals surface area contributed by atoms with Crippen molar-refractivity contribution in [3.05, 3.63) is 21.8 Å². The minimum atomic E-state index is 0.204. The van der Waals surface area contributed by atoms with Gasteiger partial charge in [0, 0.05) is 6.07 Å². The standard InChI is InChI=1S/C10H11IO3/c1-12-7-2-3-9(11)10(4-7)14-8-5-13-6-8/h2-4,8H,5-6H2,1H3. The van der Waals surface area contributed by atoms with Gasteiger partial charge in [0.25, 0.3) is 0 Å². The van der Waals surface area contributed by atoms with Gasteiger partial charge in [0.1, 0.15) is 17.6 Å². The SMILES string of the molecule is COc1ccc(I)c(OC2COC2)c1. The summed E-state index contributed by atoms with van der Waals surface area (Å²) in [6.45, 7) is 1.38. The zero-order chi connectivity index (χ0) is 9.97. The third kappa shape index (κ3) is 2.12. The molecule has 0 spiro atoms. The number of benzene rings is 1. The molecule has 14 heavy (non-hydrogen) atoms. The molecule has 76 valence electrons. The van der Waals surface area contributed by atoms with Crippen LogP contribution in [0.3, 0.4) is 0 Å². The van der Waals surface area contributed by atoms with Crippen LogP contribution < -0.4 is 9.47 Å². The van der Waals surface area contributed by atoms with E-state index in [1.807, 2.05) is 18.2 Å². The van der Waals surface area contributed by atoms with Gasteiger partial charge in [0.15, 0.2) is 0 Å². The molecule has 1 aromatic rings. The first-order valence-electron chi connectivity index (χ1n) is 4.37. The molecule has 1 aliphatic heterocycles. The molecule has 0 atom stereocenters. The summed E-state index contributed by atoms with van der Waals surface area (Å²) in [5.74, 6) is 1.69. The molecule has 0 aromatic heterocycles. The van der Waals surface area contributed by atoms with Crippen molar-refractivity contribution in [2.75, 3.05) is 20.3 Å². The second kappa shape index (κ2) is 4.35. The maximum Gasteiger partial charge on any atom is 0.145 e. The molecule has 1 aromatic carbocycles. The van der Waals surface area contributed by atoms with Crippen molar-refractivity contribution in [3.8, 4) is 11.5 Å². The fourth-order valence-electron chi connectivity index (χ4n) is 1.16. The van der Waals surface area contributed by atoms with Crippen LogP contribution in [0.2, 0.25) is 0 Å². The van der Waals surface area contributed by atoms with Gasteiger partial charge in [-0.3, -0.25) is 0 Å². The van der Waals surface area contributed by atoms with Crippen molar-refractivity contribution in [3.63, 3.8) is 0 Å². The molecule has 0 radical (unpaired) electrons. The molecule has 3 nitrogen and oxygen atoms in total. The number of halogens is 1. The first-order chi connectivity index (χ1) is 6.79. The van der Waals surface area contributed by atoms with E-state index < -0.39 is 0 Å². The molecular weight excluding hydrogens is 295 g/mol. The number of hydrogen-bond donors (Lipinski definition) is 0. The van der Waals surface area contributed by atoms with Crippen LogP contribution in [-0.2, 0) is 4.74 Å². The Bertz CT molecular complexity index is 323. The first kappa shape index (κ1) is 10.0. The van der Waals surface area contributed by atoms with Crippen molar-refractivity contribution >= 4 is 22.6 Å². The molecule has 1 fully saturated rings. The zero-order valence-electron chi connectivity index (χ0n) is 7.83. The Morgan fingerprint density at radius 2 is 2.21 bits per heavy atom. The molecule has 4 heteroatoms. The maximum absolute atomic E-state index is 5.71. The molecule has 0 N–H and O–H groups in total. The third-order valence-electron chi connectivity index (χ3n) is 2.04. The molecule has 1 saturated heterocycles. The van der Waals surface area contributed by atoms with Crippen molar-refractivity contribution in [1.29, 1.82) is 0 Å². The largest absolute Gasteiger partial charge is 0.497 e. The number of ether oxygens (including phenoxy) is 3. The lowest BCUT2D eigenvalue weighted by Crippen LogP contribution is -2.38. The predicted octanol–water partition coefficient (Wildman–Crippen LogP) is 2.08. The van der Waals surface area contributed by atoms with E-state index in [0.717, 1.165) is 15.1 Å². The van der Waals surface area contributed by atoms with Crippen LogP contribution in [0.4, 0.5) is 0 Å². The Labute approximate surface area is 96.5 Å². The smallest absolute Gasteiger partial charge is 0.145 e. The summed E-state index contributed by atoms with van der Waals surface area (Å²) in [4.78, 5) is 0. The molecule has 1 heterocycles. The van der Waals surface area contributed by atoms with E-state index >= 15 is 0 Å². The average Bonchev–Trinajstić information content (AvgIpc) is 2.14. The molecular formula is C10H11IO3. The molecule has 2 rings (SSSR count). The van der Waals surface area contributed by atoms with Crippen LogP contribution in [0, 0.1) is 3.57 Å². The molecule has 0 unspecified atom stereocenters. The molecule has 0 saturated carbocycles. The van der Waals surface area contributed by atoms with Gasteiger partial charge in [-0.05, 0) is 34.7 Å². The molecule has 0 amide bonds. The Hall–Kier alpha value is -0.490. The Morgan fingerprint density at radius 3 is 2.79 bits per heavy atom. The lowest BCUT2D eigenvalue weighted by atomic mass is 10.3. The quantitative estimate of drug-likeness (QED) is 0.800. The summed E-state index contributed by atoms with van der Waals surface area (Å²) < 4.78 is 17.0. The van der Waals surface area contributed by atoms with Gasteiger partial charge in [-0.1, -0.05) is 0 Å². The summed E-state index contributed by atoms with van der Waals surface area (Å²) >= 11 is 2.25. The van der Waals surface area contributed by atoms with Gasteiger partial charge < -0.3 is 14.2 Å². The highest BCUT2D eigenvalue weighted by molar-refractivity contribution is 14.1. The van der Waals surface area contributed by atoms with Gasteiger partial charge >= 0.3 is 0 Å². The maximum atomic E-state index is 5.71. The Balaban J connectivity index is 2.13. The topological polar surface area (TPSA) is 27.7 Å². The second-order valence-corrected chi connectivity index (χ2v) is 4.24. The Kier molecular flexibility index (Phi) is 3.12. The van der Waals surface area contributed by atoms with Crippen molar-refractivity contribution in [2.45, 2.75) is 6.10 Å². The summed E-state index contributed by atoms with van der Waals surface area (Å²) in [5.41, 5.74) is 0. The van der Waals surface area contributed by atoms with Crippen molar-refractivity contribution in [2.24, 2.45) is 0 Å². The monoisotopic (exact) mass is 306 g/mol. The Morgan fingerprint density at radius 1 is 1.43 bits per heavy atom. The normalized spacial score (nSPS) is 16.1. The summed E-state index contributed by atoms with van der Waals surface area (Å²) in [6, 6.07) is 5.81. The van der Waals surface area contributed by atoms with Crippen LogP contribution in [0.15, 0.2) is 18.2 Å². The predicted molar refractivity (Wildman–Crippen MR) is 60.9 cm³/mol. The van der Waals surface area contributed by atoms with E-state index in [-0.39, 0.29) is 6.10 Å². The lowest BCUT2D eigenvalue weighted by molar-refractivity contribution is -0.0800.